The fraction of sp³-hybridized carbons (Fsp3) is 0.538. The first kappa shape index (κ1) is 11.5. The maximum atomic E-state index is 10.4. The summed E-state index contributed by atoms with van der Waals surface area (Å²) in [5.74, 6) is 0.994. The average Bonchev–Trinajstić information content (AvgIpc) is 2.86. The number of nitrogens with one attached hydrogen (secondary N) is 1. The molecule has 1 fully saturated rings. The van der Waals surface area contributed by atoms with E-state index in [1.165, 1.54) is 5.56 Å². The molecule has 3 rings (SSSR count). The Morgan fingerprint density at radius 2 is 2.35 bits per heavy atom. The van der Waals surface area contributed by atoms with Crippen molar-refractivity contribution in [2.24, 2.45) is 0 Å². The molecule has 2 aliphatic rings. The third-order valence-electron chi connectivity index (χ3n) is 3.57. The lowest BCUT2D eigenvalue weighted by Gasteiger charge is -2.22. The molecule has 1 aromatic carbocycles. The van der Waals surface area contributed by atoms with Crippen LogP contribution < -0.4 is 10.1 Å². The molecule has 0 amide bonds. The van der Waals surface area contributed by atoms with Crippen LogP contribution in [0, 0.1) is 0 Å². The number of hydrogen-bond donors (Lipinski definition) is 2. The van der Waals surface area contributed by atoms with E-state index in [2.05, 4.69) is 33.4 Å². The van der Waals surface area contributed by atoms with Crippen LogP contribution in [-0.4, -0.2) is 30.4 Å². The Bertz CT molecular complexity index is 441. The minimum absolute atomic E-state index is 0.611. The van der Waals surface area contributed by atoms with E-state index in [9.17, 15) is 5.11 Å². The van der Waals surface area contributed by atoms with Crippen molar-refractivity contribution < 1.29 is 9.84 Å². The Labute approximate surface area is 109 Å². The Hall–Kier alpha value is -0.580. The average molecular weight is 298 g/mol. The molecule has 1 saturated heterocycles. The van der Waals surface area contributed by atoms with Crippen LogP contribution in [0.2, 0.25) is 0 Å². The van der Waals surface area contributed by atoms with Crippen LogP contribution in [0.25, 0.3) is 0 Å². The highest BCUT2D eigenvalue weighted by atomic mass is 79.9. The van der Waals surface area contributed by atoms with Gasteiger partial charge in [-0.15, -0.1) is 0 Å². The Morgan fingerprint density at radius 3 is 3.12 bits per heavy atom. The molecule has 4 heteroatoms. The van der Waals surface area contributed by atoms with Crippen LogP contribution >= 0.6 is 15.9 Å². The smallest absolute Gasteiger partial charge is 0.125 e. The molecule has 0 radical (unpaired) electrons. The lowest BCUT2D eigenvalue weighted by atomic mass is 9.92. The molecule has 0 spiro atoms. The summed E-state index contributed by atoms with van der Waals surface area (Å²) in [6.45, 7) is 2.33. The summed E-state index contributed by atoms with van der Waals surface area (Å²) in [5, 5.41) is 13.6. The fourth-order valence-corrected chi connectivity index (χ4v) is 3.27. The molecule has 2 heterocycles. The molecule has 3 nitrogen and oxygen atoms in total. The molecule has 2 aliphatic heterocycles. The van der Waals surface area contributed by atoms with Gasteiger partial charge >= 0.3 is 0 Å². The molecule has 0 aliphatic carbocycles. The van der Waals surface area contributed by atoms with Crippen molar-refractivity contribution in [3.8, 4) is 5.75 Å². The molecule has 1 aromatic rings. The van der Waals surface area contributed by atoms with E-state index < -0.39 is 5.60 Å². The largest absolute Gasteiger partial charge is 0.493 e. The number of fused-ring (bicyclic) bond motifs is 1. The van der Waals surface area contributed by atoms with Crippen LogP contribution in [0.15, 0.2) is 16.6 Å². The predicted molar refractivity (Wildman–Crippen MR) is 69.5 cm³/mol. The molecule has 92 valence electrons. The summed E-state index contributed by atoms with van der Waals surface area (Å²) in [7, 11) is 0. The molecule has 0 aromatic heterocycles. The summed E-state index contributed by atoms with van der Waals surface area (Å²) in [5.41, 5.74) is 1.77. The van der Waals surface area contributed by atoms with Crippen LogP contribution in [0.5, 0.6) is 5.75 Å². The van der Waals surface area contributed by atoms with Gasteiger partial charge in [-0.1, -0.05) is 15.9 Å². The van der Waals surface area contributed by atoms with Crippen molar-refractivity contribution in [1.82, 2.24) is 5.32 Å². The molecule has 2 N–H and O–H groups in total. The number of β-amino-alcohol motifs (C(OH)–C–C–N with tert-alkyl or cyclic N) is 1. The first-order chi connectivity index (χ1) is 8.16. The lowest BCUT2D eigenvalue weighted by molar-refractivity contribution is 0.0612. The van der Waals surface area contributed by atoms with Gasteiger partial charge in [0.1, 0.15) is 5.75 Å². The van der Waals surface area contributed by atoms with Crippen LogP contribution in [0.1, 0.15) is 17.5 Å². The summed E-state index contributed by atoms with van der Waals surface area (Å²) >= 11 is 3.53. The Balaban J connectivity index is 1.92. The van der Waals surface area contributed by atoms with Crippen molar-refractivity contribution in [2.75, 3.05) is 19.7 Å². The zero-order valence-corrected chi connectivity index (χ0v) is 11.2. The maximum absolute atomic E-state index is 10.4. The monoisotopic (exact) mass is 297 g/mol. The molecule has 1 atom stereocenters. The van der Waals surface area contributed by atoms with Crippen LogP contribution in [-0.2, 0) is 12.8 Å². The fourth-order valence-electron chi connectivity index (χ4n) is 2.71. The zero-order chi connectivity index (χ0) is 11.9. The van der Waals surface area contributed by atoms with Gasteiger partial charge < -0.3 is 15.2 Å². The van der Waals surface area contributed by atoms with Crippen molar-refractivity contribution in [1.29, 1.82) is 0 Å². The normalized spacial score (nSPS) is 26.9. The summed E-state index contributed by atoms with van der Waals surface area (Å²) < 4.78 is 6.76. The van der Waals surface area contributed by atoms with Crippen LogP contribution in [0.4, 0.5) is 0 Å². The Morgan fingerprint density at radius 1 is 1.47 bits per heavy atom. The Kier molecular flexibility index (Phi) is 2.89. The molecule has 1 unspecified atom stereocenters. The third kappa shape index (κ3) is 2.21. The number of halogens is 1. The van der Waals surface area contributed by atoms with Gasteiger partial charge in [0.25, 0.3) is 0 Å². The minimum Gasteiger partial charge on any atom is -0.493 e. The second-order valence-corrected chi connectivity index (χ2v) is 5.90. The topological polar surface area (TPSA) is 41.5 Å². The van der Waals surface area contributed by atoms with Crippen molar-refractivity contribution >= 4 is 15.9 Å². The zero-order valence-electron chi connectivity index (χ0n) is 9.63. The number of aliphatic hydroxyl groups is 1. The number of ether oxygens (including phenoxy) is 1. The van der Waals surface area contributed by atoms with Gasteiger partial charge in [-0.25, -0.2) is 0 Å². The first-order valence-corrected chi connectivity index (χ1v) is 6.83. The number of benzene rings is 1. The predicted octanol–water partition coefficient (Wildman–Crippen LogP) is 1.65. The van der Waals surface area contributed by atoms with E-state index in [1.54, 1.807) is 0 Å². The molecule has 17 heavy (non-hydrogen) atoms. The highest BCUT2D eigenvalue weighted by Gasteiger charge is 2.33. The third-order valence-corrected chi connectivity index (χ3v) is 4.02. The van der Waals surface area contributed by atoms with Gasteiger partial charge in [-0.3, -0.25) is 0 Å². The number of rotatable bonds is 2. The molecular formula is C13H16BrNO2. The van der Waals surface area contributed by atoms with Gasteiger partial charge in [0, 0.05) is 23.9 Å². The van der Waals surface area contributed by atoms with E-state index in [0.29, 0.717) is 13.0 Å². The summed E-state index contributed by atoms with van der Waals surface area (Å²) in [6, 6.07) is 4.18. The van der Waals surface area contributed by atoms with E-state index in [0.717, 1.165) is 41.8 Å². The highest BCUT2D eigenvalue weighted by molar-refractivity contribution is 9.10. The standard InChI is InChI=1S/C13H16BrNO2/c14-11-5-9-1-4-17-12(9)10(6-11)7-13(16)2-3-15-8-13/h5-6,15-16H,1-4,7-8H2. The second-order valence-electron chi connectivity index (χ2n) is 4.98. The van der Waals surface area contributed by atoms with Gasteiger partial charge in [0.2, 0.25) is 0 Å². The summed E-state index contributed by atoms with van der Waals surface area (Å²) in [4.78, 5) is 0. The number of hydrogen-bond acceptors (Lipinski definition) is 3. The minimum atomic E-state index is -0.611. The summed E-state index contributed by atoms with van der Waals surface area (Å²) in [6.07, 6.45) is 2.45. The van der Waals surface area contributed by atoms with Crippen molar-refractivity contribution in [2.45, 2.75) is 24.9 Å². The quantitative estimate of drug-likeness (QED) is 0.872. The van der Waals surface area contributed by atoms with Gasteiger partial charge in [0.15, 0.2) is 0 Å². The molecule has 0 saturated carbocycles. The van der Waals surface area contributed by atoms with Gasteiger partial charge in [-0.2, -0.15) is 0 Å². The van der Waals surface area contributed by atoms with E-state index in [1.807, 2.05) is 0 Å². The first-order valence-electron chi connectivity index (χ1n) is 6.03. The van der Waals surface area contributed by atoms with E-state index in [4.69, 9.17) is 4.74 Å². The van der Waals surface area contributed by atoms with E-state index in [-0.39, 0.29) is 0 Å². The van der Waals surface area contributed by atoms with Gasteiger partial charge in [-0.05, 0) is 36.2 Å². The lowest BCUT2D eigenvalue weighted by Crippen LogP contribution is -2.33. The second kappa shape index (κ2) is 4.26. The molecule has 0 bridgehead atoms. The van der Waals surface area contributed by atoms with Gasteiger partial charge in [0.05, 0.1) is 12.2 Å². The SMILES string of the molecule is OC1(Cc2cc(Br)cc3c2OCC3)CCNC1. The maximum Gasteiger partial charge on any atom is 0.125 e. The van der Waals surface area contributed by atoms with Crippen LogP contribution in [0.3, 0.4) is 0 Å². The van der Waals surface area contributed by atoms with E-state index >= 15 is 0 Å². The van der Waals surface area contributed by atoms with Crippen molar-refractivity contribution in [3.63, 3.8) is 0 Å². The molecular weight excluding hydrogens is 282 g/mol. The highest BCUT2D eigenvalue weighted by Crippen LogP contribution is 2.35. The van der Waals surface area contributed by atoms with Crippen molar-refractivity contribution in [3.05, 3.63) is 27.7 Å².